The molecule has 1 aliphatic heterocycles. The smallest absolute Gasteiger partial charge is 0.241 e. The van der Waals surface area contributed by atoms with Crippen LogP contribution in [-0.2, 0) is 9.59 Å². The van der Waals surface area contributed by atoms with Gasteiger partial charge in [0.2, 0.25) is 11.8 Å². The van der Waals surface area contributed by atoms with Crippen LogP contribution in [0.4, 0.5) is 5.82 Å². The van der Waals surface area contributed by atoms with E-state index in [2.05, 4.69) is 20.2 Å². The number of halogens is 1. The number of fused-ring (bicyclic) bond motifs is 1. The zero-order chi connectivity index (χ0) is 29.0. The number of nitrogens with two attached hydrogens (primary N) is 2. The maximum absolute atomic E-state index is 12.3. The van der Waals surface area contributed by atoms with E-state index in [1.165, 1.54) is 12.4 Å². The van der Waals surface area contributed by atoms with Crippen LogP contribution in [-0.4, -0.2) is 63.1 Å². The Morgan fingerprint density at radius 3 is 2.49 bits per heavy atom. The van der Waals surface area contributed by atoms with Gasteiger partial charge in [-0.25, -0.2) is 15.0 Å². The lowest BCUT2D eigenvalue weighted by atomic mass is 9.86. The summed E-state index contributed by atoms with van der Waals surface area (Å²) in [5.41, 5.74) is 12.9. The fourth-order valence-electron chi connectivity index (χ4n) is 5.13. The Balaban J connectivity index is 1.54. The monoisotopic (exact) mass is 574 g/mol. The molecule has 11 nitrogen and oxygen atoms in total. The molecule has 12 heteroatoms. The molecule has 0 spiro atoms. The Kier molecular flexibility index (Phi) is 8.18. The summed E-state index contributed by atoms with van der Waals surface area (Å²) < 4.78 is 7.63. The summed E-state index contributed by atoms with van der Waals surface area (Å²) in [5, 5.41) is 3.84. The summed E-state index contributed by atoms with van der Waals surface area (Å²) in [6.45, 7) is 3.98. The zero-order valence-electron chi connectivity index (χ0n) is 22.6. The second-order valence-electron chi connectivity index (χ2n) is 9.69. The molecule has 2 amide bonds. The molecule has 41 heavy (non-hydrogen) atoms. The molecule has 212 valence electrons. The lowest BCUT2D eigenvalue weighted by Gasteiger charge is -2.40. The number of hydrogen-bond donors (Lipinski definition) is 3. The molecule has 2 aromatic carbocycles. The van der Waals surface area contributed by atoms with E-state index in [0.29, 0.717) is 66.1 Å². The van der Waals surface area contributed by atoms with E-state index >= 15 is 0 Å². The van der Waals surface area contributed by atoms with Crippen LogP contribution >= 0.6 is 11.6 Å². The van der Waals surface area contributed by atoms with Crippen LogP contribution in [0, 0.1) is 0 Å². The van der Waals surface area contributed by atoms with Crippen molar-refractivity contribution in [1.82, 2.24) is 24.8 Å². The largest absolute Gasteiger partial charge is 0.490 e. The molecule has 1 saturated heterocycles. The molecule has 1 aliphatic rings. The number of rotatable bonds is 10. The lowest BCUT2D eigenvalue weighted by molar-refractivity contribution is -0.125. The molecule has 5 rings (SSSR count). The van der Waals surface area contributed by atoms with Crippen molar-refractivity contribution in [2.75, 3.05) is 31.1 Å². The van der Waals surface area contributed by atoms with Crippen molar-refractivity contribution in [3.8, 4) is 22.8 Å². The number of anilines is 1. The summed E-state index contributed by atoms with van der Waals surface area (Å²) in [6, 6.07) is 14.9. The van der Waals surface area contributed by atoms with Gasteiger partial charge >= 0.3 is 0 Å². The summed E-state index contributed by atoms with van der Waals surface area (Å²) in [6.07, 6.45) is 5.44. The summed E-state index contributed by atoms with van der Waals surface area (Å²) in [5.74, 6) is 1.04. The van der Waals surface area contributed by atoms with Gasteiger partial charge in [0.05, 0.1) is 5.02 Å². The SMILES string of the molecule is CCNC1(C(N)=O)CCN(c2ncnc3c2nc(-c2ccccc2Cl)n3-c2ccc(OC/C=C\C(N)=O)cc2)CC1. The Morgan fingerprint density at radius 2 is 1.83 bits per heavy atom. The molecule has 0 aliphatic carbocycles. The number of nitrogens with one attached hydrogen (secondary N) is 1. The van der Waals surface area contributed by atoms with Crippen LogP contribution in [0.15, 0.2) is 67.0 Å². The number of piperidine rings is 1. The second kappa shape index (κ2) is 11.9. The minimum absolute atomic E-state index is 0.207. The number of primary amides is 2. The summed E-state index contributed by atoms with van der Waals surface area (Å²) in [4.78, 5) is 39.6. The third-order valence-corrected chi connectivity index (χ3v) is 7.50. The van der Waals surface area contributed by atoms with E-state index in [-0.39, 0.29) is 12.5 Å². The number of carbonyl (C=O) groups is 2. The van der Waals surface area contributed by atoms with Crippen LogP contribution in [0.2, 0.25) is 5.02 Å². The molecular weight excluding hydrogens is 544 g/mol. The van der Waals surface area contributed by atoms with Gasteiger partial charge in [0, 0.05) is 30.4 Å². The van der Waals surface area contributed by atoms with Gasteiger partial charge in [-0.05, 0) is 61.9 Å². The Morgan fingerprint density at radius 1 is 1.10 bits per heavy atom. The molecule has 0 unspecified atom stereocenters. The molecule has 0 radical (unpaired) electrons. The summed E-state index contributed by atoms with van der Waals surface area (Å²) >= 11 is 6.63. The van der Waals surface area contributed by atoms with Gasteiger partial charge < -0.3 is 26.4 Å². The van der Waals surface area contributed by atoms with Crippen LogP contribution in [0.1, 0.15) is 19.8 Å². The third kappa shape index (κ3) is 5.72. The molecule has 4 aromatic rings. The fraction of sp³-hybridized carbons (Fsp3) is 0.276. The Hall–Kier alpha value is -4.48. The first-order valence-corrected chi connectivity index (χ1v) is 13.7. The predicted molar refractivity (Wildman–Crippen MR) is 158 cm³/mol. The molecule has 1 fully saturated rings. The molecule has 0 atom stereocenters. The van der Waals surface area contributed by atoms with E-state index in [1.54, 1.807) is 6.08 Å². The number of likely N-dealkylation sites (N-methyl/N-ethyl adjacent to an activating group) is 1. The van der Waals surface area contributed by atoms with E-state index in [4.69, 9.17) is 32.8 Å². The maximum Gasteiger partial charge on any atom is 0.241 e. The molecule has 2 aromatic heterocycles. The van der Waals surface area contributed by atoms with Gasteiger partial charge in [-0.15, -0.1) is 0 Å². The average Bonchev–Trinajstić information content (AvgIpc) is 3.36. The summed E-state index contributed by atoms with van der Waals surface area (Å²) in [7, 11) is 0. The Labute approximate surface area is 242 Å². The van der Waals surface area contributed by atoms with Crippen molar-refractivity contribution < 1.29 is 14.3 Å². The molecule has 0 saturated carbocycles. The number of aromatic nitrogens is 4. The first-order valence-electron chi connectivity index (χ1n) is 13.3. The number of imidazole rings is 1. The van der Waals surface area contributed by atoms with Crippen molar-refractivity contribution in [3.05, 3.63) is 72.0 Å². The molecule has 3 heterocycles. The normalized spacial score (nSPS) is 14.9. The van der Waals surface area contributed by atoms with Gasteiger partial charge in [0.25, 0.3) is 0 Å². The topological polar surface area (TPSA) is 154 Å². The highest BCUT2D eigenvalue weighted by molar-refractivity contribution is 6.33. The highest BCUT2D eigenvalue weighted by Crippen LogP contribution is 2.36. The fourth-order valence-corrected chi connectivity index (χ4v) is 5.35. The van der Waals surface area contributed by atoms with E-state index in [1.807, 2.05) is 60.0 Å². The van der Waals surface area contributed by atoms with Crippen molar-refractivity contribution >= 4 is 40.4 Å². The Bertz CT molecular complexity index is 1590. The highest BCUT2D eigenvalue weighted by atomic mass is 35.5. The zero-order valence-corrected chi connectivity index (χ0v) is 23.3. The average molecular weight is 575 g/mol. The molecule has 0 bridgehead atoms. The van der Waals surface area contributed by atoms with E-state index in [9.17, 15) is 9.59 Å². The minimum atomic E-state index is -0.737. The maximum atomic E-state index is 12.3. The van der Waals surface area contributed by atoms with Crippen molar-refractivity contribution in [2.24, 2.45) is 11.5 Å². The van der Waals surface area contributed by atoms with E-state index < -0.39 is 11.4 Å². The van der Waals surface area contributed by atoms with Crippen molar-refractivity contribution in [1.29, 1.82) is 0 Å². The number of amides is 2. The second-order valence-corrected chi connectivity index (χ2v) is 10.1. The van der Waals surface area contributed by atoms with Crippen molar-refractivity contribution in [2.45, 2.75) is 25.3 Å². The number of ether oxygens (including phenoxy) is 1. The minimum Gasteiger partial charge on any atom is -0.490 e. The third-order valence-electron chi connectivity index (χ3n) is 7.17. The number of benzene rings is 2. The van der Waals surface area contributed by atoms with Gasteiger partial charge in [0.1, 0.15) is 30.0 Å². The van der Waals surface area contributed by atoms with Crippen LogP contribution < -0.4 is 26.4 Å². The first kappa shape index (κ1) is 28.1. The van der Waals surface area contributed by atoms with Crippen molar-refractivity contribution in [3.63, 3.8) is 0 Å². The van der Waals surface area contributed by atoms with Gasteiger partial charge in [0.15, 0.2) is 17.0 Å². The highest BCUT2D eigenvalue weighted by Gasteiger charge is 2.40. The molecular formula is C29H31ClN8O3. The van der Waals surface area contributed by atoms with Crippen LogP contribution in [0.25, 0.3) is 28.2 Å². The van der Waals surface area contributed by atoms with Crippen LogP contribution in [0.3, 0.4) is 0 Å². The number of carbonyl (C=O) groups excluding carboxylic acids is 2. The van der Waals surface area contributed by atoms with Gasteiger partial charge in [-0.3, -0.25) is 14.2 Å². The van der Waals surface area contributed by atoms with Gasteiger partial charge in [-0.1, -0.05) is 30.7 Å². The van der Waals surface area contributed by atoms with Crippen LogP contribution in [0.5, 0.6) is 5.75 Å². The molecule has 5 N–H and O–H groups in total. The number of hydrogen-bond acceptors (Lipinski definition) is 8. The quantitative estimate of drug-likeness (QED) is 0.244. The lowest BCUT2D eigenvalue weighted by Crippen LogP contribution is -2.61. The van der Waals surface area contributed by atoms with Gasteiger partial charge in [-0.2, -0.15) is 0 Å². The van der Waals surface area contributed by atoms with E-state index in [0.717, 1.165) is 11.3 Å². The standard InChI is InChI=1S/C29H31ClN8O3/c1-2-35-29(28(32)40)13-15-37(16-14-29)26-24-27(34-18-33-26)38(25(36-24)21-6-3-4-7-22(21)30)19-9-11-20(12-10-19)41-17-5-8-23(31)39/h3-12,18,35H,2,13-17H2,1H3,(H2,31,39)(H2,32,40)/b8-5-. The predicted octanol–water partition coefficient (Wildman–Crippen LogP) is 2.99. The number of nitrogens with zero attached hydrogens (tertiary/aromatic N) is 5. The first-order chi connectivity index (χ1) is 19.8.